The summed E-state index contributed by atoms with van der Waals surface area (Å²) in [5, 5.41) is 2.57. The topological polar surface area (TPSA) is 28.9 Å². The van der Waals surface area contributed by atoms with Gasteiger partial charge in [-0.15, -0.1) is 0 Å². The molecule has 86 valence electrons. The molecule has 2 aromatic heterocycles. The maximum Gasteiger partial charge on any atom is 0.239 e. The SMILES string of the molecule is [BH3-][n+]1ccc2c([nH]c3cc(OC)ccc32)c1C. The van der Waals surface area contributed by atoms with Crippen LogP contribution in [-0.2, 0) is 0 Å². The molecule has 0 radical (unpaired) electrons. The molecule has 17 heavy (non-hydrogen) atoms. The zero-order chi connectivity index (χ0) is 12.0. The third-order valence-corrected chi connectivity index (χ3v) is 2.92. The van der Waals surface area contributed by atoms with Crippen LogP contribution >= 0.6 is 0 Å². The lowest BCUT2D eigenvalue weighted by Crippen LogP contribution is -2.34. The van der Waals surface area contributed by atoms with Gasteiger partial charge < -0.3 is 14.2 Å². The van der Waals surface area contributed by atoms with Gasteiger partial charge in [-0.05, 0) is 12.1 Å². The van der Waals surface area contributed by atoms with Crippen molar-refractivity contribution in [1.82, 2.24) is 4.98 Å². The van der Waals surface area contributed by atoms with E-state index < -0.39 is 0 Å². The number of fused-ring (bicyclic) bond motifs is 3. The minimum atomic E-state index is 0.167. The average Bonchev–Trinajstić information content (AvgIpc) is 2.72. The Kier molecular flexibility index (Phi) is 2.11. The Morgan fingerprint density at radius 2 is 2.06 bits per heavy atom. The third-order valence-electron chi connectivity index (χ3n) is 2.92. The summed E-state index contributed by atoms with van der Waals surface area (Å²) in [5.41, 5.74) is 3.75. The van der Waals surface area contributed by atoms with Crippen LogP contribution in [0.4, 0.5) is 0 Å². The van der Waals surface area contributed by atoms with E-state index in [1.165, 1.54) is 22.0 Å². The summed E-state index contributed by atoms with van der Waals surface area (Å²) in [6.07, 6.45) is 2.20. The van der Waals surface area contributed by atoms with Crippen LogP contribution < -0.4 is 9.21 Å². The molecular formula is C13H15BN2O. The number of methoxy groups -OCH3 is 1. The summed E-state index contributed by atoms with van der Waals surface area (Å²) in [5.74, 6) is 0.896. The van der Waals surface area contributed by atoms with Crippen LogP contribution in [0.25, 0.3) is 21.8 Å². The normalized spacial score (nSPS) is 11.2. The van der Waals surface area contributed by atoms with Crippen LogP contribution in [0, 0.1) is 6.92 Å². The van der Waals surface area contributed by atoms with Gasteiger partial charge in [0.1, 0.15) is 23.2 Å². The summed E-state index contributed by atoms with van der Waals surface area (Å²) in [6.45, 7) is 2.18. The van der Waals surface area contributed by atoms with E-state index in [1.807, 2.05) is 6.07 Å². The van der Waals surface area contributed by atoms with Crippen LogP contribution in [0.1, 0.15) is 5.69 Å². The first kappa shape index (κ1) is 10.2. The number of rotatable bonds is 1. The van der Waals surface area contributed by atoms with Crippen molar-refractivity contribution in [3.63, 3.8) is 0 Å². The van der Waals surface area contributed by atoms with E-state index in [1.54, 1.807) is 7.11 Å². The molecule has 0 spiro atoms. The van der Waals surface area contributed by atoms with E-state index in [4.69, 9.17) is 4.74 Å². The van der Waals surface area contributed by atoms with Crippen molar-refractivity contribution in [1.29, 1.82) is 0 Å². The van der Waals surface area contributed by atoms with Gasteiger partial charge in [-0.3, -0.25) is 0 Å². The van der Waals surface area contributed by atoms with Crippen molar-refractivity contribution in [3.8, 4) is 5.75 Å². The fourth-order valence-corrected chi connectivity index (χ4v) is 2.07. The number of benzene rings is 1. The minimum Gasteiger partial charge on any atom is -0.497 e. The molecule has 0 atom stereocenters. The third kappa shape index (κ3) is 1.41. The van der Waals surface area contributed by atoms with Crippen LogP contribution in [0.3, 0.4) is 0 Å². The molecule has 3 nitrogen and oxygen atoms in total. The fraction of sp³-hybridized carbons (Fsp3) is 0.154. The number of ether oxygens (including phenoxy) is 1. The molecule has 0 amide bonds. The number of nitrogens with zero attached hydrogens (tertiary/aromatic N) is 1. The van der Waals surface area contributed by atoms with Gasteiger partial charge in [-0.2, -0.15) is 0 Å². The lowest BCUT2D eigenvalue weighted by molar-refractivity contribution is -0.527. The Hall–Kier alpha value is -1.97. The van der Waals surface area contributed by atoms with Crippen LogP contribution in [0.2, 0.25) is 0 Å². The van der Waals surface area contributed by atoms with Crippen molar-refractivity contribution >= 4 is 29.8 Å². The highest BCUT2D eigenvalue weighted by Crippen LogP contribution is 2.28. The Morgan fingerprint density at radius 1 is 1.24 bits per heavy atom. The quantitative estimate of drug-likeness (QED) is 0.617. The van der Waals surface area contributed by atoms with Crippen molar-refractivity contribution in [2.45, 2.75) is 6.92 Å². The van der Waals surface area contributed by atoms with Crippen molar-refractivity contribution < 1.29 is 9.21 Å². The van der Waals surface area contributed by atoms with Gasteiger partial charge in [0.25, 0.3) is 0 Å². The summed E-state index contributed by atoms with van der Waals surface area (Å²) in [7, 11) is 1.87. The summed E-state index contributed by atoms with van der Waals surface area (Å²) in [6, 6.07) is 8.40. The standard InChI is InChI=1S/C13H15BN2O/c1-8-13-11(5-6-16(8)14)10-4-3-9(17-2)7-12(10)15-13/h3-7,15H,1-2,14H3. The molecule has 0 saturated carbocycles. The second-order valence-corrected chi connectivity index (χ2v) is 3.86. The predicted octanol–water partition coefficient (Wildman–Crippen LogP) is 1.05. The van der Waals surface area contributed by atoms with Gasteiger partial charge in [0.2, 0.25) is 7.98 Å². The molecule has 3 aromatic rings. The molecular weight excluding hydrogens is 211 g/mol. The number of aromatic amines is 1. The molecule has 0 unspecified atom stereocenters. The highest BCUT2D eigenvalue weighted by atomic mass is 16.5. The van der Waals surface area contributed by atoms with E-state index >= 15 is 0 Å². The van der Waals surface area contributed by atoms with Gasteiger partial charge in [0.15, 0.2) is 0 Å². The summed E-state index contributed by atoms with van der Waals surface area (Å²) < 4.78 is 7.63. The Morgan fingerprint density at radius 3 is 2.82 bits per heavy atom. The number of hydrogen-bond acceptors (Lipinski definition) is 1. The minimum absolute atomic E-state index is 0.167. The molecule has 1 aromatic carbocycles. The molecule has 4 heteroatoms. The molecule has 1 N–H and O–H groups in total. The zero-order valence-electron chi connectivity index (χ0n) is 9.24. The fourth-order valence-electron chi connectivity index (χ4n) is 2.07. The highest BCUT2D eigenvalue weighted by Gasteiger charge is 2.10. The first-order valence-corrected chi connectivity index (χ1v) is 5.20. The Labute approximate surface area is 100 Å². The summed E-state index contributed by atoms with van der Waals surface area (Å²) >= 11 is 0. The number of H-pyrrole nitrogens is 1. The second-order valence-electron chi connectivity index (χ2n) is 3.86. The molecule has 0 bridgehead atoms. The lowest BCUT2D eigenvalue weighted by Gasteiger charge is -2.01. The van der Waals surface area contributed by atoms with E-state index in [9.17, 15) is 0 Å². The zero-order valence-corrected chi connectivity index (χ0v) is 9.24. The van der Waals surface area contributed by atoms with Crippen molar-refractivity contribution in [2.24, 2.45) is 0 Å². The molecule has 0 aliphatic heterocycles. The second kappa shape index (κ2) is 3.52. The monoisotopic (exact) mass is 226 g/mol. The molecule has 0 saturated heterocycles. The number of hydrogen-bond donors (Lipinski definition) is 1. The van der Waals surface area contributed by atoms with E-state index in [2.05, 4.69) is 40.8 Å². The number of aromatic nitrogens is 2. The van der Waals surface area contributed by atoms with Crippen LogP contribution in [0.15, 0.2) is 30.5 Å². The van der Waals surface area contributed by atoms with Gasteiger partial charge in [-0.1, -0.05) is 0 Å². The van der Waals surface area contributed by atoms with Crippen LogP contribution in [-0.4, -0.2) is 20.1 Å². The molecule has 0 fully saturated rings. The maximum absolute atomic E-state index is 5.26. The smallest absolute Gasteiger partial charge is 0.239 e. The number of pyridine rings is 1. The number of nitrogens with one attached hydrogen (secondary N) is 1. The maximum atomic E-state index is 5.26. The Balaban J connectivity index is 2.45. The van der Waals surface area contributed by atoms with Gasteiger partial charge in [0, 0.05) is 29.8 Å². The number of aryl methyl sites for hydroxylation is 1. The summed E-state index contributed by atoms with van der Waals surface area (Å²) in [4.78, 5) is 3.50. The first-order chi connectivity index (χ1) is 8.20. The van der Waals surface area contributed by atoms with Crippen LogP contribution in [0.5, 0.6) is 5.75 Å². The lowest BCUT2D eigenvalue weighted by atomic mass is 10.1. The first-order valence-electron chi connectivity index (χ1n) is 5.20. The van der Waals surface area contributed by atoms with E-state index in [-0.39, 0.29) is 7.98 Å². The largest absolute Gasteiger partial charge is 0.497 e. The molecule has 2 heterocycles. The van der Waals surface area contributed by atoms with Gasteiger partial charge in [0.05, 0.1) is 12.6 Å². The molecule has 0 aliphatic rings. The van der Waals surface area contributed by atoms with E-state index in [0.29, 0.717) is 0 Å². The molecule has 3 rings (SSSR count). The predicted molar refractivity (Wildman–Crippen MR) is 72.6 cm³/mol. The van der Waals surface area contributed by atoms with Gasteiger partial charge in [-0.25, -0.2) is 0 Å². The van der Waals surface area contributed by atoms with Gasteiger partial charge >= 0.3 is 0 Å². The molecule has 0 aliphatic carbocycles. The van der Waals surface area contributed by atoms with E-state index in [0.717, 1.165) is 11.3 Å². The average molecular weight is 226 g/mol. The van der Waals surface area contributed by atoms with Crippen molar-refractivity contribution in [3.05, 3.63) is 36.2 Å². The Bertz CT molecular complexity index is 718. The van der Waals surface area contributed by atoms with Crippen molar-refractivity contribution in [2.75, 3.05) is 7.11 Å². The highest BCUT2D eigenvalue weighted by molar-refractivity contribution is 6.08.